The lowest BCUT2D eigenvalue weighted by Crippen LogP contribution is -2.44. The van der Waals surface area contributed by atoms with Gasteiger partial charge in [-0.2, -0.15) is 5.26 Å². The van der Waals surface area contributed by atoms with E-state index in [1.54, 1.807) is 49.4 Å². The second kappa shape index (κ2) is 7.37. The van der Waals surface area contributed by atoms with Crippen molar-refractivity contribution in [2.45, 2.75) is 12.5 Å². The number of rotatable bonds is 5. The van der Waals surface area contributed by atoms with E-state index in [1.807, 2.05) is 24.3 Å². The molecule has 1 saturated heterocycles. The van der Waals surface area contributed by atoms with E-state index < -0.39 is 29.9 Å². The molecule has 2 heterocycles. The zero-order valence-corrected chi connectivity index (χ0v) is 16.2. The molecule has 1 aliphatic heterocycles. The fraction of sp³-hybridized carbons (Fsp3) is 0.182. The first-order chi connectivity index (χ1) is 14.4. The van der Waals surface area contributed by atoms with Crippen molar-refractivity contribution < 1.29 is 18.8 Å². The van der Waals surface area contributed by atoms with E-state index in [-0.39, 0.29) is 12.3 Å². The van der Waals surface area contributed by atoms with Crippen LogP contribution in [0.1, 0.15) is 12.7 Å². The Kier molecular flexibility index (Phi) is 4.72. The minimum atomic E-state index is -1.43. The number of nitrogens with zero attached hydrogens (tertiary/aromatic N) is 3. The maximum absolute atomic E-state index is 13.1. The number of carbonyl (C=O) groups excluding carboxylic acids is 3. The molecule has 4 rings (SSSR count). The summed E-state index contributed by atoms with van der Waals surface area (Å²) in [6.45, 7) is 0.851. The van der Waals surface area contributed by atoms with E-state index in [1.165, 1.54) is 4.90 Å². The van der Waals surface area contributed by atoms with Crippen LogP contribution in [0.2, 0.25) is 0 Å². The summed E-state index contributed by atoms with van der Waals surface area (Å²) in [7, 11) is 0. The van der Waals surface area contributed by atoms with Crippen molar-refractivity contribution in [3.8, 4) is 6.07 Å². The lowest BCUT2D eigenvalue weighted by atomic mass is 9.99. The molecule has 4 amide bonds. The smallest absolute Gasteiger partial charge is 0.325 e. The summed E-state index contributed by atoms with van der Waals surface area (Å²) in [5.74, 6) is -0.848. The predicted octanol–water partition coefficient (Wildman–Crippen LogP) is 2.76. The SMILES string of the molecule is CC1(c2cc3ccccc3o2)NC(=O)N(CC(=O)N(CC#N)c2ccccc2)C1=O. The molecule has 1 atom stereocenters. The standard InChI is InChI=1S/C22H18N4O4/c1-22(18-13-15-7-5-6-10-17(15)30-18)20(28)26(21(29)24-22)14-19(27)25(12-11-23)16-8-3-2-4-9-16/h2-10,13H,12,14H2,1H3,(H,24,29). The van der Waals surface area contributed by atoms with E-state index in [9.17, 15) is 14.4 Å². The van der Waals surface area contributed by atoms with Gasteiger partial charge in [0.15, 0.2) is 5.54 Å². The highest BCUT2D eigenvalue weighted by molar-refractivity contribution is 6.10. The molecule has 0 spiro atoms. The third-order valence-corrected chi connectivity index (χ3v) is 5.08. The Morgan fingerprint density at radius 3 is 2.57 bits per heavy atom. The molecule has 0 saturated carbocycles. The van der Waals surface area contributed by atoms with Crippen molar-refractivity contribution in [2.24, 2.45) is 0 Å². The van der Waals surface area contributed by atoms with Gasteiger partial charge in [-0.05, 0) is 31.2 Å². The monoisotopic (exact) mass is 402 g/mol. The van der Waals surface area contributed by atoms with E-state index in [0.717, 1.165) is 10.3 Å². The summed E-state index contributed by atoms with van der Waals surface area (Å²) in [5.41, 5.74) is -0.325. The molecule has 1 fully saturated rings. The van der Waals surface area contributed by atoms with Crippen LogP contribution in [0.4, 0.5) is 10.5 Å². The Balaban J connectivity index is 1.59. The molecule has 1 N–H and O–H groups in total. The summed E-state index contributed by atoms with van der Waals surface area (Å²) < 4.78 is 5.78. The number of amides is 4. The Hall–Kier alpha value is -4.12. The number of benzene rings is 2. The number of hydrogen-bond donors (Lipinski definition) is 1. The topological polar surface area (TPSA) is 107 Å². The summed E-state index contributed by atoms with van der Waals surface area (Å²) in [6.07, 6.45) is 0. The second-order valence-electron chi connectivity index (χ2n) is 7.07. The number of carbonyl (C=O) groups is 3. The van der Waals surface area contributed by atoms with Crippen LogP contribution in [0.25, 0.3) is 11.0 Å². The first-order valence-electron chi connectivity index (χ1n) is 9.29. The number of nitrogens with one attached hydrogen (secondary N) is 1. The van der Waals surface area contributed by atoms with E-state index in [0.29, 0.717) is 11.3 Å². The van der Waals surface area contributed by atoms with Crippen LogP contribution in [0.5, 0.6) is 0 Å². The van der Waals surface area contributed by atoms with Gasteiger partial charge >= 0.3 is 6.03 Å². The van der Waals surface area contributed by atoms with Crippen molar-refractivity contribution >= 4 is 34.5 Å². The largest absolute Gasteiger partial charge is 0.458 e. The summed E-state index contributed by atoms with van der Waals surface area (Å²) in [5, 5.41) is 12.5. The summed E-state index contributed by atoms with van der Waals surface area (Å²) >= 11 is 0. The van der Waals surface area contributed by atoms with Crippen molar-refractivity contribution in [2.75, 3.05) is 18.0 Å². The Labute approximate surface area is 172 Å². The molecule has 0 radical (unpaired) electrons. The number of anilines is 1. The quantitative estimate of drug-likeness (QED) is 0.522. The highest BCUT2D eigenvalue weighted by Crippen LogP contribution is 2.33. The predicted molar refractivity (Wildman–Crippen MR) is 108 cm³/mol. The van der Waals surface area contributed by atoms with Crippen LogP contribution in [-0.2, 0) is 15.1 Å². The molecule has 1 unspecified atom stereocenters. The van der Waals surface area contributed by atoms with Gasteiger partial charge in [-0.1, -0.05) is 36.4 Å². The van der Waals surface area contributed by atoms with E-state index in [4.69, 9.17) is 9.68 Å². The first kappa shape index (κ1) is 19.2. The summed E-state index contributed by atoms with van der Waals surface area (Å²) in [4.78, 5) is 40.6. The number of imide groups is 1. The average Bonchev–Trinajstić information content (AvgIpc) is 3.28. The highest BCUT2D eigenvalue weighted by Gasteiger charge is 2.52. The maximum atomic E-state index is 13.1. The van der Waals surface area contributed by atoms with Crippen LogP contribution in [0.3, 0.4) is 0 Å². The van der Waals surface area contributed by atoms with Crippen LogP contribution >= 0.6 is 0 Å². The molecule has 2 aromatic carbocycles. The Bertz CT molecular complexity index is 1150. The van der Waals surface area contributed by atoms with Gasteiger partial charge in [0, 0.05) is 11.1 Å². The van der Waals surface area contributed by atoms with Gasteiger partial charge in [0.1, 0.15) is 24.4 Å². The molecular weight excluding hydrogens is 384 g/mol. The van der Waals surface area contributed by atoms with Crippen molar-refractivity contribution in [1.82, 2.24) is 10.2 Å². The van der Waals surface area contributed by atoms with Gasteiger partial charge in [-0.25, -0.2) is 4.79 Å². The number of hydrogen-bond acceptors (Lipinski definition) is 5. The third kappa shape index (κ3) is 3.16. The lowest BCUT2D eigenvalue weighted by molar-refractivity contribution is -0.134. The molecule has 8 heteroatoms. The van der Waals surface area contributed by atoms with Gasteiger partial charge in [-0.15, -0.1) is 0 Å². The van der Waals surface area contributed by atoms with Crippen LogP contribution in [0.15, 0.2) is 65.1 Å². The van der Waals surface area contributed by atoms with E-state index >= 15 is 0 Å². The Morgan fingerprint density at radius 1 is 1.17 bits per heavy atom. The molecular formula is C22H18N4O4. The minimum absolute atomic E-state index is 0.201. The van der Waals surface area contributed by atoms with Gasteiger partial charge in [0.2, 0.25) is 5.91 Å². The number of nitriles is 1. The fourth-order valence-electron chi connectivity index (χ4n) is 3.46. The van der Waals surface area contributed by atoms with Crippen molar-refractivity contribution in [3.05, 3.63) is 66.4 Å². The zero-order valence-electron chi connectivity index (χ0n) is 16.2. The lowest BCUT2D eigenvalue weighted by Gasteiger charge is -2.23. The third-order valence-electron chi connectivity index (χ3n) is 5.08. The van der Waals surface area contributed by atoms with Gasteiger partial charge < -0.3 is 9.73 Å². The van der Waals surface area contributed by atoms with Gasteiger partial charge in [0.05, 0.1) is 6.07 Å². The average molecular weight is 402 g/mol. The van der Waals surface area contributed by atoms with Crippen LogP contribution in [-0.4, -0.2) is 35.8 Å². The van der Waals surface area contributed by atoms with Crippen LogP contribution in [0, 0.1) is 11.3 Å². The number of urea groups is 1. The number of furan rings is 1. The molecule has 3 aromatic rings. The summed E-state index contributed by atoms with van der Waals surface area (Å²) in [6, 6.07) is 18.8. The highest BCUT2D eigenvalue weighted by atomic mass is 16.3. The maximum Gasteiger partial charge on any atom is 0.325 e. The first-order valence-corrected chi connectivity index (χ1v) is 9.29. The number of para-hydroxylation sites is 2. The van der Waals surface area contributed by atoms with Crippen LogP contribution < -0.4 is 10.2 Å². The molecule has 1 aromatic heterocycles. The fourth-order valence-corrected chi connectivity index (χ4v) is 3.46. The van der Waals surface area contributed by atoms with Crippen molar-refractivity contribution in [3.63, 3.8) is 0 Å². The normalized spacial score (nSPS) is 18.3. The molecule has 1 aliphatic rings. The molecule has 0 bridgehead atoms. The Morgan fingerprint density at radius 2 is 1.87 bits per heavy atom. The minimum Gasteiger partial charge on any atom is -0.458 e. The zero-order chi connectivity index (χ0) is 21.3. The molecule has 0 aliphatic carbocycles. The van der Waals surface area contributed by atoms with Gasteiger partial charge in [0.25, 0.3) is 5.91 Å². The number of fused-ring (bicyclic) bond motifs is 1. The molecule has 8 nitrogen and oxygen atoms in total. The molecule has 30 heavy (non-hydrogen) atoms. The van der Waals surface area contributed by atoms with E-state index in [2.05, 4.69) is 5.32 Å². The van der Waals surface area contributed by atoms with Crippen molar-refractivity contribution in [1.29, 1.82) is 5.26 Å². The molecule has 150 valence electrons. The van der Waals surface area contributed by atoms with Gasteiger partial charge in [-0.3, -0.25) is 19.4 Å². The second-order valence-corrected chi connectivity index (χ2v) is 7.07.